The summed E-state index contributed by atoms with van der Waals surface area (Å²) in [4.78, 5) is 26.4. The Morgan fingerprint density at radius 1 is 1.10 bits per heavy atom. The van der Waals surface area contributed by atoms with E-state index in [-0.39, 0.29) is 31.3 Å². The lowest BCUT2D eigenvalue weighted by molar-refractivity contribution is -0.140. The summed E-state index contributed by atoms with van der Waals surface area (Å²) < 4.78 is 4.55. The van der Waals surface area contributed by atoms with Gasteiger partial charge in [0.2, 0.25) is 5.91 Å². The molecule has 0 unspecified atom stereocenters. The number of esters is 1. The van der Waals surface area contributed by atoms with E-state index < -0.39 is 0 Å². The Labute approximate surface area is 125 Å². The van der Waals surface area contributed by atoms with Gasteiger partial charge in [0.15, 0.2) is 0 Å². The average Bonchev–Trinajstić information content (AvgIpc) is 2.46. The molecule has 0 aliphatic carbocycles. The third-order valence-corrected chi connectivity index (χ3v) is 2.89. The van der Waals surface area contributed by atoms with Crippen molar-refractivity contribution in [3.05, 3.63) is 0 Å². The quantitative estimate of drug-likeness (QED) is 0.545. The predicted molar refractivity (Wildman–Crippen MR) is 75.8 cm³/mol. The number of rotatable bonds is 10. The van der Waals surface area contributed by atoms with Crippen molar-refractivity contribution in [3.63, 3.8) is 0 Å². The van der Waals surface area contributed by atoms with E-state index in [4.69, 9.17) is 10.5 Å². The Balaban J connectivity index is 4.17. The maximum absolute atomic E-state index is 12.1. The Bertz CT molecular complexity index is 393. The zero-order chi connectivity index (χ0) is 16.1. The topological polar surface area (TPSA) is 97.4 Å². The molecule has 0 atom stereocenters. The van der Waals surface area contributed by atoms with Crippen LogP contribution in [0.3, 0.4) is 0 Å². The molecule has 1 amide bonds. The highest BCUT2D eigenvalue weighted by atomic mass is 16.5. The van der Waals surface area contributed by atoms with Gasteiger partial charge in [-0.05, 0) is 20.0 Å². The zero-order valence-electron chi connectivity index (χ0n) is 12.7. The number of amides is 1. The van der Waals surface area contributed by atoms with Crippen molar-refractivity contribution >= 4 is 11.9 Å². The van der Waals surface area contributed by atoms with Crippen molar-refractivity contribution in [2.75, 3.05) is 40.3 Å². The van der Waals surface area contributed by atoms with Gasteiger partial charge in [-0.1, -0.05) is 0 Å². The van der Waals surface area contributed by atoms with Crippen molar-refractivity contribution in [1.29, 1.82) is 10.5 Å². The molecule has 0 N–H and O–H groups in total. The molecule has 0 heterocycles. The Hall–Kier alpha value is -2.12. The lowest BCUT2D eigenvalue weighted by atomic mass is 10.3. The van der Waals surface area contributed by atoms with E-state index in [2.05, 4.69) is 4.74 Å². The number of carbonyl (C=O) groups excluding carboxylic acids is 2. The van der Waals surface area contributed by atoms with Crippen LogP contribution in [0.5, 0.6) is 0 Å². The molecule has 7 heteroatoms. The maximum atomic E-state index is 12.1. The van der Waals surface area contributed by atoms with Crippen LogP contribution in [-0.2, 0) is 14.3 Å². The molecule has 7 nitrogen and oxygen atoms in total. The van der Waals surface area contributed by atoms with E-state index in [1.807, 2.05) is 17.0 Å². The van der Waals surface area contributed by atoms with Crippen molar-refractivity contribution in [3.8, 4) is 12.1 Å². The minimum Gasteiger partial charge on any atom is -0.469 e. The number of hydrogen-bond acceptors (Lipinski definition) is 6. The van der Waals surface area contributed by atoms with E-state index in [1.54, 1.807) is 7.05 Å². The molecule has 0 spiro atoms. The van der Waals surface area contributed by atoms with Gasteiger partial charge in [0.05, 0.1) is 38.6 Å². The number of likely N-dealkylation sites (N-methyl/N-ethyl adjacent to an activating group) is 1. The fraction of sp³-hybridized carbons (Fsp3) is 0.714. The van der Waals surface area contributed by atoms with Gasteiger partial charge in [-0.3, -0.25) is 14.5 Å². The third kappa shape index (κ3) is 9.42. The second-order valence-electron chi connectivity index (χ2n) is 4.61. The van der Waals surface area contributed by atoms with E-state index in [0.717, 1.165) is 0 Å². The molecular formula is C14H22N4O3. The van der Waals surface area contributed by atoms with Crippen molar-refractivity contribution in [1.82, 2.24) is 9.80 Å². The summed E-state index contributed by atoms with van der Waals surface area (Å²) in [6, 6.07) is 3.99. The first-order valence-corrected chi connectivity index (χ1v) is 6.82. The zero-order valence-corrected chi connectivity index (χ0v) is 12.7. The van der Waals surface area contributed by atoms with Gasteiger partial charge in [0.25, 0.3) is 0 Å². The van der Waals surface area contributed by atoms with E-state index in [9.17, 15) is 9.59 Å². The number of ether oxygens (including phenoxy) is 1. The summed E-state index contributed by atoms with van der Waals surface area (Å²) in [7, 11) is 3.14. The summed E-state index contributed by atoms with van der Waals surface area (Å²) in [6.07, 6.45) is 1.45. The van der Waals surface area contributed by atoms with Crippen molar-refractivity contribution in [2.24, 2.45) is 0 Å². The second kappa shape index (κ2) is 11.7. The summed E-state index contributed by atoms with van der Waals surface area (Å²) in [5.74, 6) is -0.375. The molecule has 0 aromatic rings. The normalized spacial score (nSPS) is 9.76. The van der Waals surface area contributed by atoms with Gasteiger partial charge in [-0.15, -0.1) is 0 Å². The molecule has 0 aromatic heterocycles. The SMILES string of the molecule is COC(=O)CCCN(C)CC(=O)N(CCC#N)CCC#N. The van der Waals surface area contributed by atoms with Gasteiger partial charge < -0.3 is 9.64 Å². The smallest absolute Gasteiger partial charge is 0.305 e. The first-order valence-electron chi connectivity index (χ1n) is 6.82. The molecule has 0 aromatic carbocycles. The van der Waals surface area contributed by atoms with Crippen LogP contribution >= 0.6 is 0 Å². The van der Waals surface area contributed by atoms with Gasteiger partial charge in [0.1, 0.15) is 0 Å². The molecule has 0 bridgehead atoms. The van der Waals surface area contributed by atoms with Crippen LogP contribution in [0, 0.1) is 22.7 Å². The van der Waals surface area contributed by atoms with Crippen LogP contribution in [-0.4, -0.2) is 62.0 Å². The van der Waals surface area contributed by atoms with E-state index in [1.165, 1.54) is 12.0 Å². The molecule has 116 valence electrons. The average molecular weight is 294 g/mol. The van der Waals surface area contributed by atoms with Crippen LogP contribution in [0.4, 0.5) is 0 Å². The van der Waals surface area contributed by atoms with Crippen LogP contribution in [0.2, 0.25) is 0 Å². The predicted octanol–water partition coefficient (Wildman–Crippen LogP) is 0.527. The van der Waals surface area contributed by atoms with Gasteiger partial charge in [0, 0.05) is 19.5 Å². The van der Waals surface area contributed by atoms with Crippen LogP contribution in [0.15, 0.2) is 0 Å². The highest BCUT2D eigenvalue weighted by Gasteiger charge is 2.15. The molecule has 0 aliphatic rings. The van der Waals surface area contributed by atoms with Crippen LogP contribution in [0.25, 0.3) is 0 Å². The standard InChI is InChI=1S/C14H22N4O3/c1-17(9-3-6-14(20)21-2)12-13(19)18(10-4-7-15)11-5-8-16/h3-6,9-12H2,1-2H3. The van der Waals surface area contributed by atoms with Crippen LogP contribution < -0.4 is 0 Å². The Morgan fingerprint density at radius 3 is 2.14 bits per heavy atom. The van der Waals surface area contributed by atoms with Crippen molar-refractivity contribution < 1.29 is 14.3 Å². The summed E-state index contributed by atoms with van der Waals surface area (Å²) >= 11 is 0. The van der Waals surface area contributed by atoms with E-state index >= 15 is 0 Å². The fourth-order valence-electron chi connectivity index (χ4n) is 1.74. The molecule has 0 rings (SSSR count). The Morgan fingerprint density at radius 2 is 1.67 bits per heavy atom. The molecule has 0 saturated heterocycles. The number of nitriles is 2. The Kier molecular flexibility index (Phi) is 10.5. The minimum atomic E-state index is -0.264. The molecular weight excluding hydrogens is 272 g/mol. The molecule has 21 heavy (non-hydrogen) atoms. The largest absolute Gasteiger partial charge is 0.469 e. The second-order valence-corrected chi connectivity index (χ2v) is 4.61. The fourth-order valence-corrected chi connectivity index (χ4v) is 1.74. The third-order valence-electron chi connectivity index (χ3n) is 2.89. The van der Waals surface area contributed by atoms with Gasteiger partial charge in [-0.25, -0.2) is 0 Å². The molecule has 0 fully saturated rings. The number of methoxy groups -OCH3 is 1. The first-order chi connectivity index (χ1) is 10.0. The number of nitrogens with zero attached hydrogens (tertiary/aromatic N) is 4. The first kappa shape index (κ1) is 18.9. The number of carbonyl (C=O) groups is 2. The lowest BCUT2D eigenvalue weighted by Gasteiger charge is -2.24. The van der Waals surface area contributed by atoms with Gasteiger partial charge in [-0.2, -0.15) is 10.5 Å². The lowest BCUT2D eigenvalue weighted by Crippen LogP contribution is -2.40. The van der Waals surface area contributed by atoms with Crippen LogP contribution in [0.1, 0.15) is 25.7 Å². The molecule has 0 saturated carbocycles. The van der Waals surface area contributed by atoms with Crippen molar-refractivity contribution in [2.45, 2.75) is 25.7 Å². The maximum Gasteiger partial charge on any atom is 0.305 e. The summed E-state index contributed by atoms with van der Waals surface area (Å²) in [6.45, 7) is 1.49. The monoisotopic (exact) mass is 294 g/mol. The van der Waals surface area contributed by atoms with Gasteiger partial charge >= 0.3 is 5.97 Å². The summed E-state index contributed by atoms with van der Waals surface area (Å²) in [5.41, 5.74) is 0. The minimum absolute atomic E-state index is 0.110. The highest BCUT2D eigenvalue weighted by Crippen LogP contribution is 1.99. The summed E-state index contributed by atoms with van der Waals surface area (Å²) in [5, 5.41) is 17.2. The number of hydrogen-bond donors (Lipinski definition) is 0. The molecule has 0 aliphatic heterocycles. The van der Waals surface area contributed by atoms with E-state index in [0.29, 0.717) is 32.5 Å². The highest BCUT2D eigenvalue weighted by molar-refractivity contribution is 5.78. The molecule has 0 radical (unpaired) electrons.